The third kappa shape index (κ3) is 2.99. The monoisotopic (exact) mass is 378 g/mol. The van der Waals surface area contributed by atoms with Gasteiger partial charge in [0.05, 0.1) is 17.7 Å². The van der Waals surface area contributed by atoms with Crippen molar-refractivity contribution in [3.63, 3.8) is 0 Å². The van der Waals surface area contributed by atoms with Gasteiger partial charge in [0.15, 0.2) is 10.7 Å². The number of amides is 4. The van der Waals surface area contributed by atoms with Gasteiger partial charge in [0.2, 0.25) is 0 Å². The third-order valence-electron chi connectivity index (χ3n) is 3.66. The van der Waals surface area contributed by atoms with Gasteiger partial charge >= 0.3 is 5.97 Å². The molecule has 0 N–H and O–H groups in total. The molecule has 2 heterocycles. The summed E-state index contributed by atoms with van der Waals surface area (Å²) in [5.74, 6) is -4.41. The van der Waals surface area contributed by atoms with Gasteiger partial charge in [0, 0.05) is 12.2 Å². The summed E-state index contributed by atoms with van der Waals surface area (Å²) < 4.78 is 21.9. The van der Waals surface area contributed by atoms with Crippen molar-refractivity contribution in [3.05, 3.63) is 42.0 Å². The van der Waals surface area contributed by atoms with E-state index in [2.05, 4.69) is 0 Å². The highest BCUT2D eigenvalue weighted by atomic mass is 32.2. The molecule has 11 heteroatoms. The van der Waals surface area contributed by atoms with Crippen LogP contribution in [0.15, 0.2) is 36.4 Å². The summed E-state index contributed by atoms with van der Waals surface area (Å²) >= 11 is 0. The zero-order chi connectivity index (χ0) is 19.0. The van der Waals surface area contributed by atoms with Crippen LogP contribution in [0.1, 0.15) is 16.8 Å². The van der Waals surface area contributed by atoms with Crippen LogP contribution in [0.4, 0.5) is 5.69 Å². The summed E-state index contributed by atoms with van der Waals surface area (Å²) in [6.45, 7) is 0. The molecule has 10 nitrogen and oxygen atoms in total. The number of imide groups is 2. The van der Waals surface area contributed by atoms with Crippen LogP contribution in [0.3, 0.4) is 0 Å². The lowest BCUT2D eigenvalue weighted by Gasteiger charge is -2.16. The number of rotatable bonds is 4. The van der Waals surface area contributed by atoms with Crippen LogP contribution < -0.4 is 4.90 Å². The summed E-state index contributed by atoms with van der Waals surface area (Å²) in [6.07, 6.45) is 1.53. The maximum atomic E-state index is 12.2. The Balaban J connectivity index is 1.80. The molecule has 0 spiro atoms. The van der Waals surface area contributed by atoms with Gasteiger partial charge in [-0.05, 0) is 18.2 Å². The Bertz CT molecular complexity index is 938. The van der Waals surface area contributed by atoms with Crippen molar-refractivity contribution >= 4 is 46.0 Å². The molecular weight excluding hydrogens is 368 g/mol. The summed E-state index contributed by atoms with van der Waals surface area (Å²) in [6, 6.07) is 5.22. The predicted molar refractivity (Wildman–Crippen MR) is 84.1 cm³/mol. The zero-order valence-electron chi connectivity index (χ0n) is 12.9. The number of hydrogen-bond acceptors (Lipinski definition) is 8. The number of benzene rings is 1. The number of anilines is 1. The quantitative estimate of drug-likeness (QED) is 0.517. The Morgan fingerprint density at radius 2 is 1.73 bits per heavy atom. The van der Waals surface area contributed by atoms with Crippen LogP contribution in [0.5, 0.6) is 0 Å². The van der Waals surface area contributed by atoms with E-state index in [4.69, 9.17) is 4.84 Å². The standard InChI is InChI=1S/C15H10N2O8S/c18-11-4-5-12(19)16(11)9-3-1-2-8(6-9)15(22)25-17-13(20)7-10(14(17)21)26(23)24/h1-6,10,26H,7H2. The van der Waals surface area contributed by atoms with E-state index in [9.17, 15) is 32.4 Å². The van der Waals surface area contributed by atoms with E-state index in [0.29, 0.717) is 0 Å². The summed E-state index contributed by atoms with van der Waals surface area (Å²) in [7, 11) is -3.19. The number of nitrogens with zero attached hydrogens (tertiary/aromatic N) is 2. The van der Waals surface area contributed by atoms with Gasteiger partial charge in [-0.3, -0.25) is 19.2 Å². The molecule has 26 heavy (non-hydrogen) atoms. The molecule has 0 aliphatic carbocycles. The first kappa shape index (κ1) is 17.5. The minimum Gasteiger partial charge on any atom is -0.325 e. The largest absolute Gasteiger partial charge is 0.363 e. The molecule has 0 radical (unpaired) electrons. The fourth-order valence-corrected chi connectivity index (χ4v) is 3.01. The molecule has 1 saturated heterocycles. The van der Waals surface area contributed by atoms with Gasteiger partial charge in [-0.1, -0.05) is 6.07 Å². The molecule has 0 saturated carbocycles. The van der Waals surface area contributed by atoms with Gasteiger partial charge in [-0.2, -0.15) is 0 Å². The average Bonchev–Trinajstić information content (AvgIpc) is 3.08. The minimum absolute atomic E-state index is 0.0963. The molecule has 134 valence electrons. The highest BCUT2D eigenvalue weighted by Crippen LogP contribution is 2.22. The topological polar surface area (TPSA) is 135 Å². The Morgan fingerprint density at radius 1 is 1.08 bits per heavy atom. The molecule has 3 rings (SSSR count). The average molecular weight is 378 g/mol. The van der Waals surface area contributed by atoms with E-state index in [-0.39, 0.29) is 16.3 Å². The number of carbonyl (C=O) groups excluding carboxylic acids is 5. The van der Waals surface area contributed by atoms with Crippen molar-refractivity contribution in [1.82, 2.24) is 5.06 Å². The van der Waals surface area contributed by atoms with Crippen molar-refractivity contribution in [2.45, 2.75) is 11.7 Å². The molecule has 1 unspecified atom stereocenters. The van der Waals surface area contributed by atoms with Gasteiger partial charge in [0.1, 0.15) is 5.25 Å². The summed E-state index contributed by atoms with van der Waals surface area (Å²) in [4.78, 5) is 64.6. The fourth-order valence-electron chi connectivity index (χ4n) is 2.42. The number of thiol groups is 1. The lowest BCUT2D eigenvalue weighted by molar-refractivity contribution is -0.172. The lowest BCUT2D eigenvalue weighted by Crippen LogP contribution is -2.35. The first-order chi connectivity index (χ1) is 12.3. The molecule has 0 bridgehead atoms. The number of hydroxylamine groups is 2. The van der Waals surface area contributed by atoms with Crippen LogP contribution in [0.25, 0.3) is 0 Å². The molecule has 4 amide bonds. The summed E-state index contributed by atoms with van der Waals surface area (Å²) in [5, 5.41) is -1.46. The van der Waals surface area contributed by atoms with Crippen molar-refractivity contribution in [2.24, 2.45) is 0 Å². The second-order valence-corrected chi connectivity index (χ2v) is 6.50. The Morgan fingerprint density at radius 3 is 2.31 bits per heavy atom. The number of carbonyl (C=O) groups is 5. The van der Waals surface area contributed by atoms with E-state index < -0.39 is 52.0 Å². The second-order valence-electron chi connectivity index (χ2n) is 5.31. The van der Waals surface area contributed by atoms with Crippen LogP contribution in [-0.4, -0.2) is 48.3 Å². The number of hydrogen-bond donors (Lipinski definition) is 1. The van der Waals surface area contributed by atoms with Crippen molar-refractivity contribution in [1.29, 1.82) is 0 Å². The fraction of sp³-hybridized carbons (Fsp3) is 0.133. The van der Waals surface area contributed by atoms with E-state index in [1.54, 1.807) is 0 Å². The summed E-state index contributed by atoms with van der Waals surface area (Å²) in [5.41, 5.74) is -0.0513. The van der Waals surface area contributed by atoms with Gasteiger partial charge in [0.25, 0.3) is 23.6 Å². The lowest BCUT2D eigenvalue weighted by atomic mass is 10.2. The van der Waals surface area contributed by atoms with E-state index in [0.717, 1.165) is 17.1 Å². The highest BCUT2D eigenvalue weighted by molar-refractivity contribution is 7.74. The first-order valence-electron chi connectivity index (χ1n) is 7.18. The molecular formula is C15H10N2O8S. The second kappa shape index (κ2) is 6.52. The minimum atomic E-state index is -3.19. The van der Waals surface area contributed by atoms with E-state index in [1.807, 2.05) is 0 Å². The molecule has 1 atom stereocenters. The molecule has 1 fully saturated rings. The van der Waals surface area contributed by atoms with Gasteiger partial charge in [-0.15, -0.1) is 5.06 Å². The molecule has 2 aliphatic heterocycles. The molecule has 1 aromatic carbocycles. The highest BCUT2D eigenvalue weighted by Gasteiger charge is 2.44. The maximum Gasteiger partial charge on any atom is 0.363 e. The van der Waals surface area contributed by atoms with Crippen molar-refractivity contribution < 1.29 is 37.2 Å². The van der Waals surface area contributed by atoms with Gasteiger partial charge in [-0.25, -0.2) is 18.1 Å². The van der Waals surface area contributed by atoms with Crippen LogP contribution in [0.2, 0.25) is 0 Å². The molecule has 0 aromatic heterocycles. The normalized spacial score (nSPS) is 19.8. The molecule has 2 aliphatic rings. The van der Waals surface area contributed by atoms with Crippen LogP contribution in [0, 0.1) is 0 Å². The van der Waals surface area contributed by atoms with Gasteiger partial charge < -0.3 is 4.84 Å². The Kier molecular flexibility index (Phi) is 4.38. The van der Waals surface area contributed by atoms with Crippen LogP contribution >= 0.6 is 0 Å². The third-order valence-corrected chi connectivity index (χ3v) is 4.57. The SMILES string of the molecule is O=C(ON1C(=O)CC([SH](=O)=O)C1=O)c1cccc(N2C(=O)C=CC2=O)c1. The van der Waals surface area contributed by atoms with Crippen molar-refractivity contribution in [2.75, 3.05) is 4.90 Å². The Labute approximate surface area is 147 Å². The molecule has 1 aromatic rings. The predicted octanol–water partition coefficient (Wildman–Crippen LogP) is -1.07. The first-order valence-corrected chi connectivity index (χ1v) is 8.43. The Hall–Kier alpha value is -3.34. The smallest absolute Gasteiger partial charge is 0.325 e. The maximum absolute atomic E-state index is 12.2. The van der Waals surface area contributed by atoms with E-state index >= 15 is 0 Å². The van der Waals surface area contributed by atoms with Crippen molar-refractivity contribution in [3.8, 4) is 0 Å². The van der Waals surface area contributed by atoms with Crippen LogP contribution in [-0.2, 0) is 34.7 Å². The zero-order valence-corrected chi connectivity index (χ0v) is 13.8. The van der Waals surface area contributed by atoms with E-state index in [1.165, 1.54) is 24.3 Å².